The maximum atomic E-state index is 11.6. The van der Waals surface area contributed by atoms with Gasteiger partial charge in [0, 0.05) is 33.2 Å². The van der Waals surface area contributed by atoms with Crippen LogP contribution >= 0.6 is 22.7 Å². The molecule has 0 atom stereocenters. The third kappa shape index (κ3) is 9.41. The zero-order chi connectivity index (χ0) is 33.7. The zero-order valence-electron chi connectivity index (χ0n) is 28.6. The number of anilines is 2. The Morgan fingerprint density at radius 3 is 2.48 bits per heavy atom. The first-order chi connectivity index (χ1) is 21.6. The summed E-state index contributed by atoms with van der Waals surface area (Å²) < 4.78 is 15.7. The number of nitrogens with zero attached hydrogens (tertiary/aromatic N) is 6. The minimum atomic E-state index is -1.83. The SMILES string of the molecule is Cc1cc(N(CCCCO[Si](C)(C)C(C)(C)C)c2nc(C(=O)O)cs2)nnc1/N=c1\sc2ccccc2n1COCC[Si](C)(C)C. The highest BCUT2D eigenvalue weighted by Crippen LogP contribution is 2.36. The summed E-state index contributed by atoms with van der Waals surface area (Å²) in [7, 11) is -3.03. The van der Waals surface area contributed by atoms with Crippen LogP contribution in [0.25, 0.3) is 10.2 Å². The number of aryl methyl sites for hydroxylation is 1. The van der Waals surface area contributed by atoms with Crippen molar-refractivity contribution in [3.05, 3.63) is 51.8 Å². The molecule has 1 N–H and O–H groups in total. The van der Waals surface area contributed by atoms with E-state index in [0.717, 1.165) is 46.1 Å². The smallest absolute Gasteiger partial charge is 0.355 e. The number of ether oxygens (including phenoxy) is 1. The number of aromatic nitrogens is 4. The third-order valence-electron chi connectivity index (χ3n) is 8.22. The molecule has 250 valence electrons. The van der Waals surface area contributed by atoms with Crippen LogP contribution in [0, 0.1) is 6.92 Å². The van der Waals surface area contributed by atoms with Crippen LogP contribution in [0.1, 0.15) is 49.7 Å². The Kier molecular flexibility index (Phi) is 11.8. The molecule has 0 radical (unpaired) electrons. The predicted molar refractivity (Wildman–Crippen MR) is 194 cm³/mol. The average Bonchev–Trinajstić information content (AvgIpc) is 3.58. The van der Waals surface area contributed by atoms with Gasteiger partial charge in [-0.3, -0.25) is 4.57 Å². The summed E-state index contributed by atoms with van der Waals surface area (Å²) in [4.78, 5) is 23.7. The van der Waals surface area contributed by atoms with Crippen molar-refractivity contribution >= 4 is 72.0 Å². The Hall–Kier alpha value is -2.76. The van der Waals surface area contributed by atoms with Crippen LogP contribution in [0.4, 0.5) is 16.8 Å². The largest absolute Gasteiger partial charge is 0.476 e. The van der Waals surface area contributed by atoms with E-state index >= 15 is 0 Å². The molecule has 0 amide bonds. The van der Waals surface area contributed by atoms with Gasteiger partial charge < -0.3 is 19.2 Å². The van der Waals surface area contributed by atoms with Crippen LogP contribution in [-0.2, 0) is 15.9 Å². The summed E-state index contributed by atoms with van der Waals surface area (Å²) in [6.45, 7) is 22.7. The fourth-order valence-electron chi connectivity index (χ4n) is 4.27. The van der Waals surface area contributed by atoms with Crippen molar-refractivity contribution in [2.45, 2.75) is 91.1 Å². The first-order valence-electron chi connectivity index (χ1n) is 15.7. The number of aromatic carboxylic acids is 1. The highest BCUT2D eigenvalue weighted by molar-refractivity contribution is 7.16. The molecule has 0 spiro atoms. The topological polar surface area (TPSA) is 115 Å². The number of carboxylic acids is 1. The summed E-state index contributed by atoms with van der Waals surface area (Å²) in [5.41, 5.74) is 1.95. The van der Waals surface area contributed by atoms with Gasteiger partial charge in [0.05, 0.1) is 10.2 Å². The van der Waals surface area contributed by atoms with E-state index in [4.69, 9.17) is 14.2 Å². The summed E-state index contributed by atoms with van der Waals surface area (Å²) >= 11 is 2.88. The van der Waals surface area contributed by atoms with Crippen molar-refractivity contribution in [2.75, 3.05) is 24.7 Å². The van der Waals surface area contributed by atoms with Gasteiger partial charge in [-0.25, -0.2) is 9.78 Å². The molecule has 0 aliphatic heterocycles. The zero-order valence-corrected chi connectivity index (χ0v) is 32.2. The number of para-hydroxylation sites is 1. The standard InChI is InChI=1S/C32H48N6O4S2Si2/c1-23-20-27(37(30-33-24(21-43-30)29(39)40)16-12-13-17-42-46(8,9)32(2,3)4)35-36-28(23)34-31-38(22-41-18-19-45(5,6)7)25-14-10-11-15-26(25)44-31/h10-11,14-15,20-21H,12-13,16-19,22H2,1-9H3,(H,39,40)/b34-31-. The minimum Gasteiger partial charge on any atom is -0.476 e. The van der Waals surface area contributed by atoms with Gasteiger partial charge in [-0.2, -0.15) is 4.99 Å². The molecule has 3 heterocycles. The van der Waals surface area contributed by atoms with E-state index in [0.29, 0.717) is 36.6 Å². The van der Waals surface area contributed by atoms with E-state index < -0.39 is 22.4 Å². The minimum absolute atomic E-state index is 0.0175. The summed E-state index contributed by atoms with van der Waals surface area (Å²) in [6.07, 6.45) is 1.69. The Morgan fingerprint density at radius 1 is 1.09 bits per heavy atom. The van der Waals surface area contributed by atoms with Crippen molar-refractivity contribution in [3.63, 3.8) is 0 Å². The van der Waals surface area contributed by atoms with Crippen LogP contribution in [0.3, 0.4) is 0 Å². The first-order valence-corrected chi connectivity index (χ1v) is 24.0. The van der Waals surface area contributed by atoms with E-state index in [-0.39, 0.29) is 10.7 Å². The number of hydrogen-bond donors (Lipinski definition) is 1. The van der Waals surface area contributed by atoms with Crippen molar-refractivity contribution in [3.8, 4) is 0 Å². The molecule has 10 nitrogen and oxygen atoms in total. The Bertz CT molecular complexity index is 1700. The lowest BCUT2D eigenvalue weighted by molar-refractivity contribution is 0.0691. The molecule has 4 aromatic rings. The van der Waals surface area contributed by atoms with Gasteiger partial charge in [0.25, 0.3) is 0 Å². The normalized spacial score (nSPS) is 13.1. The molecule has 0 aliphatic rings. The van der Waals surface area contributed by atoms with E-state index in [1.807, 2.05) is 30.0 Å². The number of carboxylic acid groups (broad SMARTS) is 1. The van der Waals surface area contributed by atoms with Crippen molar-refractivity contribution < 1.29 is 19.1 Å². The molecule has 1 aromatic carbocycles. The molecule has 0 saturated carbocycles. The van der Waals surface area contributed by atoms with Gasteiger partial charge in [0.1, 0.15) is 6.73 Å². The number of thiazole rings is 2. The molecule has 0 unspecified atom stereocenters. The molecule has 0 fully saturated rings. The molecule has 14 heteroatoms. The predicted octanol–water partition coefficient (Wildman–Crippen LogP) is 8.44. The van der Waals surface area contributed by atoms with Gasteiger partial charge in [-0.15, -0.1) is 21.5 Å². The summed E-state index contributed by atoms with van der Waals surface area (Å²) in [5, 5.41) is 20.9. The Morgan fingerprint density at radius 2 is 1.83 bits per heavy atom. The molecular formula is C32H48N6O4S2Si2. The van der Waals surface area contributed by atoms with E-state index in [1.54, 1.807) is 16.7 Å². The Labute approximate surface area is 282 Å². The fourth-order valence-corrected chi connectivity index (χ4v) is 7.97. The number of unbranched alkanes of at least 4 members (excludes halogenated alkanes) is 1. The lowest BCUT2D eigenvalue weighted by atomic mass is 10.2. The second-order valence-corrected chi connectivity index (χ2v) is 26.5. The lowest BCUT2D eigenvalue weighted by Crippen LogP contribution is -2.41. The van der Waals surface area contributed by atoms with Gasteiger partial charge in [-0.1, -0.05) is 63.9 Å². The van der Waals surface area contributed by atoms with Crippen molar-refractivity contribution in [2.24, 2.45) is 4.99 Å². The van der Waals surface area contributed by atoms with Crippen LogP contribution in [-0.4, -0.2) is 67.0 Å². The van der Waals surface area contributed by atoms with Gasteiger partial charge in [0.15, 0.2) is 35.6 Å². The number of rotatable bonds is 15. The molecule has 46 heavy (non-hydrogen) atoms. The maximum Gasteiger partial charge on any atom is 0.355 e. The van der Waals surface area contributed by atoms with Crippen LogP contribution < -0.4 is 9.70 Å². The fraction of sp³-hybridized carbons (Fsp3) is 0.531. The van der Waals surface area contributed by atoms with Crippen molar-refractivity contribution in [1.29, 1.82) is 0 Å². The van der Waals surface area contributed by atoms with Crippen LogP contribution in [0.15, 0.2) is 40.7 Å². The highest BCUT2D eigenvalue weighted by atomic mass is 32.1. The van der Waals surface area contributed by atoms with Gasteiger partial charge in [-0.05, 0) is 67.7 Å². The van der Waals surface area contributed by atoms with Crippen molar-refractivity contribution in [1.82, 2.24) is 19.7 Å². The lowest BCUT2D eigenvalue weighted by Gasteiger charge is -2.36. The first kappa shape index (κ1) is 36.1. The van der Waals surface area contributed by atoms with E-state index in [1.165, 1.54) is 11.3 Å². The molecular weight excluding hydrogens is 653 g/mol. The monoisotopic (exact) mass is 700 g/mol. The average molecular weight is 701 g/mol. The molecule has 0 saturated heterocycles. The van der Waals surface area contributed by atoms with E-state index in [2.05, 4.69) is 85.4 Å². The molecule has 3 aromatic heterocycles. The number of fused-ring (bicyclic) bond motifs is 1. The molecule has 0 bridgehead atoms. The number of carbonyl (C=O) groups is 1. The molecule has 0 aliphatic carbocycles. The van der Waals surface area contributed by atoms with Crippen LogP contribution in [0.2, 0.25) is 43.8 Å². The third-order valence-corrected chi connectivity index (χ3v) is 16.4. The number of benzene rings is 1. The van der Waals surface area contributed by atoms with Gasteiger partial charge in [0.2, 0.25) is 0 Å². The van der Waals surface area contributed by atoms with Crippen LogP contribution in [0.5, 0.6) is 0 Å². The second kappa shape index (κ2) is 15.0. The molecule has 4 rings (SSSR count). The highest BCUT2D eigenvalue weighted by Gasteiger charge is 2.36. The Balaban J connectivity index is 1.58. The number of hydrogen-bond acceptors (Lipinski definition) is 10. The second-order valence-electron chi connectivity index (χ2n) is 14.2. The van der Waals surface area contributed by atoms with E-state index in [9.17, 15) is 9.90 Å². The van der Waals surface area contributed by atoms with Gasteiger partial charge >= 0.3 is 5.97 Å². The quantitative estimate of drug-likeness (QED) is 0.0971. The maximum absolute atomic E-state index is 11.6. The summed E-state index contributed by atoms with van der Waals surface area (Å²) in [6, 6.07) is 11.3. The summed E-state index contributed by atoms with van der Waals surface area (Å²) in [5.74, 6) is 0.0777.